The van der Waals surface area contributed by atoms with E-state index in [1.165, 1.54) is 0 Å². The number of ether oxygens (including phenoxy) is 1. The van der Waals surface area contributed by atoms with Crippen LogP contribution in [-0.4, -0.2) is 50.6 Å². The summed E-state index contributed by atoms with van der Waals surface area (Å²) in [5.41, 5.74) is 2.84. The van der Waals surface area contributed by atoms with Gasteiger partial charge in [0, 0.05) is 30.3 Å². The van der Waals surface area contributed by atoms with Crippen molar-refractivity contribution in [3.63, 3.8) is 0 Å². The number of fused-ring (bicyclic) bond motifs is 1. The SMILES string of the molecule is CCOc1cc(-c2ccc(N3CC[C@@H](NC(=O)CC(C)C)P(O)C3)nc2)c2c(C#N)cnn2c1. The minimum Gasteiger partial charge on any atom is -0.492 e. The van der Waals surface area contributed by atoms with Crippen LogP contribution in [0.3, 0.4) is 0 Å². The maximum atomic E-state index is 12.1. The molecule has 178 valence electrons. The Bertz CT molecular complexity index is 1200. The zero-order valence-corrected chi connectivity index (χ0v) is 20.5. The molecule has 3 aromatic rings. The fraction of sp³-hybridized carbons (Fsp3) is 0.417. The van der Waals surface area contributed by atoms with Crippen molar-refractivity contribution in [3.05, 3.63) is 42.4 Å². The van der Waals surface area contributed by atoms with E-state index in [9.17, 15) is 14.9 Å². The number of hydrogen-bond donors (Lipinski definition) is 2. The number of rotatable bonds is 7. The van der Waals surface area contributed by atoms with Crippen molar-refractivity contribution >= 4 is 25.4 Å². The Kier molecular flexibility index (Phi) is 7.30. The third kappa shape index (κ3) is 5.14. The van der Waals surface area contributed by atoms with E-state index in [1.54, 1.807) is 23.1 Å². The fourth-order valence-electron chi connectivity index (χ4n) is 4.10. The second-order valence-electron chi connectivity index (χ2n) is 8.71. The van der Waals surface area contributed by atoms with Gasteiger partial charge in [0.15, 0.2) is 0 Å². The number of nitrogens with one attached hydrogen (secondary N) is 1. The molecule has 1 aliphatic heterocycles. The Labute approximate surface area is 200 Å². The number of nitrogens with zero attached hydrogens (tertiary/aromatic N) is 5. The van der Waals surface area contributed by atoms with Crippen LogP contribution in [0.5, 0.6) is 5.75 Å². The molecule has 4 rings (SSSR count). The van der Waals surface area contributed by atoms with Gasteiger partial charge >= 0.3 is 0 Å². The van der Waals surface area contributed by atoms with Gasteiger partial charge in [-0.25, -0.2) is 9.50 Å². The molecule has 3 aromatic heterocycles. The molecule has 0 spiro atoms. The molecule has 1 aliphatic rings. The molecule has 1 saturated heterocycles. The molecular formula is C24H29N6O3P. The van der Waals surface area contributed by atoms with Crippen LogP contribution in [-0.2, 0) is 4.79 Å². The Morgan fingerprint density at radius 2 is 2.24 bits per heavy atom. The van der Waals surface area contributed by atoms with Crippen LogP contribution in [0, 0.1) is 17.2 Å². The van der Waals surface area contributed by atoms with Crippen molar-refractivity contribution in [1.29, 1.82) is 5.26 Å². The molecule has 1 fully saturated rings. The smallest absolute Gasteiger partial charge is 0.220 e. The summed E-state index contributed by atoms with van der Waals surface area (Å²) >= 11 is 0. The Morgan fingerprint density at radius 1 is 1.41 bits per heavy atom. The van der Waals surface area contributed by atoms with E-state index < -0.39 is 8.15 Å². The summed E-state index contributed by atoms with van der Waals surface area (Å²) in [5, 5.41) is 16.8. The summed E-state index contributed by atoms with van der Waals surface area (Å²) in [5.74, 6) is 1.53. The average molecular weight is 481 g/mol. The molecule has 0 aliphatic carbocycles. The van der Waals surface area contributed by atoms with Gasteiger partial charge in [0.05, 0.1) is 50.3 Å². The molecule has 1 amide bonds. The molecular weight excluding hydrogens is 451 g/mol. The molecule has 0 saturated carbocycles. The van der Waals surface area contributed by atoms with Crippen LogP contribution < -0.4 is 15.0 Å². The second-order valence-corrected chi connectivity index (χ2v) is 10.5. The molecule has 1 unspecified atom stereocenters. The van der Waals surface area contributed by atoms with Crippen molar-refractivity contribution in [1.82, 2.24) is 19.9 Å². The lowest BCUT2D eigenvalue weighted by molar-refractivity contribution is -0.122. The highest BCUT2D eigenvalue weighted by Gasteiger charge is 2.30. The van der Waals surface area contributed by atoms with E-state index in [-0.39, 0.29) is 17.6 Å². The molecule has 2 N–H and O–H groups in total. The lowest BCUT2D eigenvalue weighted by Crippen LogP contribution is -2.43. The lowest BCUT2D eigenvalue weighted by atomic mass is 10.1. The molecule has 2 atom stereocenters. The van der Waals surface area contributed by atoms with Crippen molar-refractivity contribution < 1.29 is 14.4 Å². The van der Waals surface area contributed by atoms with E-state index in [2.05, 4.69) is 21.5 Å². The van der Waals surface area contributed by atoms with Crippen molar-refractivity contribution in [2.24, 2.45) is 5.92 Å². The summed E-state index contributed by atoms with van der Waals surface area (Å²) < 4.78 is 7.34. The summed E-state index contributed by atoms with van der Waals surface area (Å²) in [4.78, 5) is 29.5. The molecule has 0 bridgehead atoms. The number of anilines is 1. The van der Waals surface area contributed by atoms with Gasteiger partial charge in [-0.15, -0.1) is 0 Å². The Hall–Kier alpha value is -3.21. The maximum Gasteiger partial charge on any atom is 0.220 e. The third-order valence-electron chi connectivity index (χ3n) is 5.67. The van der Waals surface area contributed by atoms with Gasteiger partial charge in [-0.3, -0.25) is 4.79 Å². The van der Waals surface area contributed by atoms with Gasteiger partial charge in [-0.1, -0.05) is 13.8 Å². The number of carbonyl (C=O) groups excluding carboxylic acids is 1. The fourth-order valence-corrected chi connectivity index (χ4v) is 5.64. The van der Waals surface area contributed by atoms with Crippen LogP contribution in [0.2, 0.25) is 0 Å². The molecule has 9 nitrogen and oxygen atoms in total. The first-order chi connectivity index (χ1) is 16.4. The van der Waals surface area contributed by atoms with Crippen LogP contribution in [0.25, 0.3) is 16.6 Å². The highest BCUT2D eigenvalue weighted by molar-refractivity contribution is 7.52. The zero-order valence-electron chi connectivity index (χ0n) is 19.6. The first-order valence-corrected chi connectivity index (χ1v) is 12.9. The molecule has 10 heteroatoms. The summed E-state index contributed by atoms with van der Waals surface area (Å²) in [6.45, 7) is 7.14. The van der Waals surface area contributed by atoms with Gasteiger partial charge in [0.2, 0.25) is 5.91 Å². The Balaban J connectivity index is 1.52. The van der Waals surface area contributed by atoms with Crippen molar-refractivity contribution in [3.8, 4) is 22.9 Å². The van der Waals surface area contributed by atoms with E-state index >= 15 is 0 Å². The van der Waals surface area contributed by atoms with Crippen LogP contribution in [0.4, 0.5) is 5.82 Å². The number of nitriles is 1. The topological polar surface area (TPSA) is 116 Å². The monoisotopic (exact) mass is 480 g/mol. The number of hydrogen-bond acceptors (Lipinski definition) is 7. The average Bonchev–Trinajstić information content (AvgIpc) is 3.23. The number of amides is 1. The van der Waals surface area contributed by atoms with Gasteiger partial charge in [0.1, 0.15) is 17.6 Å². The highest BCUT2D eigenvalue weighted by Crippen LogP contribution is 2.42. The molecule has 0 radical (unpaired) electrons. The van der Waals surface area contributed by atoms with Gasteiger partial charge in [-0.2, -0.15) is 10.4 Å². The molecule has 0 aromatic carbocycles. The first kappa shape index (κ1) is 23.9. The normalized spacial score (nSPS) is 18.2. The van der Waals surface area contributed by atoms with E-state index in [0.717, 1.165) is 16.9 Å². The maximum absolute atomic E-state index is 12.1. The number of pyridine rings is 2. The van der Waals surface area contributed by atoms with Crippen LogP contribution in [0.15, 0.2) is 36.8 Å². The highest BCUT2D eigenvalue weighted by atomic mass is 31.1. The van der Waals surface area contributed by atoms with Gasteiger partial charge in [-0.05, 0) is 37.5 Å². The molecule has 4 heterocycles. The lowest BCUT2D eigenvalue weighted by Gasteiger charge is -2.36. The van der Waals surface area contributed by atoms with Crippen LogP contribution >= 0.6 is 8.15 Å². The summed E-state index contributed by atoms with van der Waals surface area (Å²) in [7, 11) is -1.37. The standard InChI is InChI=1S/C24H29N6O3P/c1-4-33-19-10-20(24-18(11-25)13-27-30(24)14-19)17-5-6-21(26-12-17)29-8-7-23(34(32)15-29)28-22(31)9-16(2)3/h5-6,10,12-14,16,23,32H,4,7-9,15H2,1-3H3,(H,28,31)/t23-,34?/m0/s1. The van der Waals surface area contributed by atoms with E-state index in [4.69, 9.17) is 4.74 Å². The largest absolute Gasteiger partial charge is 0.492 e. The van der Waals surface area contributed by atoms with Gasteiger partial charge < -0.3 is 19.8 Å². The van der Waals surface area contributed by atoms with Crippen molar-refractivity contribution in [2.45, 2.75) is 39.4 Å². The second kappa shape index (κ2) is 10.4. The first-order valence-electron chi connectivity index (χ1n) is 11.4. The van der Waals surface area contributed by atoms with Crippen molar-refractivity contribution in [2.75, 3.05) is 24.3 Å². The predicted octanol–water partition coefficient (Wildman–Crippen LogP) is 3.71. The summed E-state index contributed by atoms with van der Waals surface area (Å²) in [6.07, 6.45) is 6.68. The summed E-state index contributed by atoms with van der Waals surface area (Å²) in [6, 6.07) is 7.97. The molecule has 34 heavy (non-hydrogen) atoms. The van der Waals surface area contributed by atoms with E-state index in [1.807, 2.05) is 43.9 Å². The van der Waals surface area contributed by atoms with Crippen LogP contribution in [0.1, 0.15) is 39.2 Å². The predicted molar refractivity (Wildman–Crippen MR) is 132 cm³/mol. The number of aromatic nitrogens is 3. The third-order valence-corrected chi connectivity index (χ3v) is 7.41. The minimum absolute atomic E-state index is 0.00492. The quantitative estimate of drug-likeness (QED) is 0.495. The van der Waals surface area contributed by atoms with Gasteiger partial charge in [0.25, 0.3) is 0 Å². The number of carbonyl (C=O) groups is 1. The Morgan fingerprint density at radius 3 is 2.88 bits per heavy atom. The minimum atomic E-state index is -1.37. The van der Waals surface area contributed by atoms with E-state index in [0.29, 0.717) is 49.1 Å². The zero-order chi connectivity index (χ0) is 24.2.